The van der Waals surface area contributed by atoms with Gasteiger partial charge in [0.25, 0.3) is 0 Å². The highest BCUT2D eigenvalue weighted by Gasteiger charge is 2.15. The van der Waals surface area contributed by atoms with Crippen LogP contribution < -0.4 is 0 Å². The maximum atomic E-state index is 11.3. The summed E-state index contributed by atoms with van der Waals surface area (Å²) >= 11 is 1.72. The number of carbonyl (C=O) groups is 1. The Labute approximate surface area is 135 Å². The van der Waals surface area contributed by atoms with Gasteiger partial charge < -0.3 is 4.90 Å². The van der Waals surface area contributed by atoms with Crippen LogP contribution in [0.3, 0.4) is 0 Å². The predicted octanol–water partition coefficient (Wildman–Crippen LogP) is 2.76. The van der Waals surface area contributed by atoms with Crippen LogP contribution in [0.2, 0.25) is 0 Å². The molecule has 0 radical (unpaired) electrons. The van der Waals surface area contributed by atoms with E-state index in [9.17, 15) is 4.79 Å². The van der Waals surface area contributed by atoms with Crippen molar-refractivity contribution in [1.29, 1.82) is 0 Å². The van der Waals surface area contributed by atoms with Crippen LogP contribution in [-0.2, 0) is 6.54 Å². The maximum Gasteiger partial charge on any atom is 0.159 e. The lowest BCUT2D eigenvalue weighted by atomic mass is 10.1. The molecular weight excluding hydrogens is 294 g/mol. The van der Waals surface area contributed by atoms with Gasteiger partial charge in [-0.1, -0.05) is 24.3 Å². The van der Waals surface area contributed by atoms with E-state index in [4.69, 9.17) is 4.98 Å². The summed E-state index contributed by atoms with van der Waals surface area (Å²) in [5.74, 6) is 0.0978. The van der Waals surface area contributed by atoms with Crippen molar-refractivity contribution in [1.82, 2.24) is 14.8 Å². The molecule has 1 fully saturated rings. The highest BCUT2D eigenvalue weighted by atomic mass is 32.1. The van der Waals surface area contributed by atoms with E-state index in [1.807, 2.05) is 24.3 Å². The smallest absolute Gasteiger partial charge is 0.159 e. The van der Waals surface area contributed by atoms with Crippen molar-refractivity contribution in [3.05, 3.63) is 40.2 Å². The Morgan fingerprint density at radius 2 is 1.86 bits per heavy atom. The standard InChI is InChI=1S/C17H21N3OS/c1-13(21)14-3-5-15(6-4-14)16-12-22-17(18-16)11-20-9-7-19(2)8-10-20/h3-6,12H,7-11H2,1-2H3. The number of Topliss-reactive ketones (excluding diaryl/α,β-unsaturated/α-hetero) is 1. The van der Waals surface area contributed by atoms with Crippen LogP contribution in [0.25, 0.3) is 11.3 Å². The van der Waals surface area contributed by atoms with Crippen molar-refractivity contribution in [2.24, 2.45) is 0 Å². The Kier molecular flexibility index (Phi) is 4.66. The molecule has 0 N–H and O–H groups in total. The molecule has 4 nitrogen and oxygen atoms in total. The highest BCUT2D eigenvalue weighted by Crippen LogP contribution is 2.23. The molecule has 116 valence electrons. The van der Waals surface area contributed by atoms with Crippen molar-refractivity contribution in [3.63, 3.8) is 0 Å². The fourth-order valence-electron chi connectivity index (χ4n) is 2.59. The highest BCUT2D eigenvalue weighted by molar-refractivity contribution is 7.09. The van der Waals surface area contributed by atoms with Crippen LogP contribution in [0.15, 0.2) is 29.6 Å². The van der Waals surface area contributed by atoms with Gasteiger partial charge in [0.15, 0.2) is 5.78 Å². The van der Waals surface area contributed by atoms with Crippen molar-refractivity contribution >= 4 is 17.1 Å². The van der Waals surface area contributed by atoms with Gasteiger partial charge in [0.2, 0.25) is 0 Å². The first-order chi connectivity index (χ1) is 10.6. The van der Waals surface area contributed by atoms with Crippen LogP contribution in [0.5, 0.6) is 0 Å². The van der Waals surface area contributed by atoms with E-state index in [0.29, 0.717) is 0 Å². The minimum atomic E-state index is 0.0978. The number of benzene rings is 1. The molecule has 0 atom stereocenters. The first-order valence-corrected chi connectivity index (χ1v) is 8.46. The zero-order valence-corrected chi connectivity index (χ0v) is 13.9. The Morgan fingerprint density at radius 3 is 2.50 bits per heavy atom. The molecule has 2 aromatic rings. The van der Waals surface area contributed by atoms with Crippen molar-refractivity contribution in [2.75, 3.05) is 33.2 Å². The molecule has 0 bridgehead atoms. The summed E-state index contributed by atoms with van der Waals surface area (Å²) in [6.07, 6.45) is 0. The molecule has 5 heteroatoms. The quantitative estimate of drug-likeness (QED) is 0.813. The summed E-state index contributed by atoms with van der Waals surface area (Å²) in [6, 6.07) is 7.70. The number of ketones is 1. The molecule has 0 amide bonds. The topological polar surface area (TPSA) is 36.4 Å². The largest absolute Gasteiger partial charge is 0.304 e. The number of rotatable bonds is 4. The predicted molar refractivity (Wildman–Crippen MR) is 90.3 cm³/mol. The maximum absolute atomic E-state index is 11.3. The van der Waals surface area contributed by atoms with Crippen molar-refractivity contribution in [2.45, 2.75) is 13.5 Å². The molecule has 3 rings (SSSR count). The lowest BCUT2D eigenvalue weighted by Gasteiger charge is -2.31. The van der Waals surface area contributed by atoms with Crippen molar-refractivity contribution < 1.29 is 4.79 Å². The molecule has 1 aromatic heterocycles. The minimum Gasteiger partial charge on any atom is -0.304 e. The molecule has 1 aliphatic rings. The van der Waals surface area contributed by atoms with E-state index in [2.05, 4.69) is 22.2 Å². The van der Waals surface area contributed by atoms with Gasteiger partial charge in [-0.3, -0.25) is 9.69 Å². The number of likely N-dealkylation sites (N-methyl/N-ethyl adjacent to an activating group) is 1. The average molecular weight is 315 g/mol. The number of hydrogen-bond donors (Lipinski definition) is 0. The lowest BCUT2D eigenvalue weighted by Crippen LogP contribution is -2.43. The van der Waals surface area contributed by atoms with E-state index < -0.39 is 0 Å². The Balaban J connectivity index is 1.66. The Bertz CT molecular complexity index is 642. The van der Waals surface area contributed by atoms with E-state index in [0.717, 1.165) is 54.6 Å². The van der Waals surface area contributed by atoms with Crippen LogP contribution in [0.4, 0.5) is 0 Å². The third kappa shape index (κ3) is 3.61. The number of nitrogens with zero attached hydrogens (tertiary/aromatic N) is 3. The first kappa shape index (κ1) is 15.3. The Morgan fingerprint density at radius 1 is 1.18 bits per heavy atom. The molecule has 0 saturated carbocycles. The fraction of sp³-hybridized carbons (Fsp3) is 0.412. The van der Waals surface area contributed by atoms with Gasteiger partial charge in [-0.25, -0.2) is 4.98 Å². The third-order valence-electron chi connectivity index (χ3n) is 4.09. The summed E-state index contributed by atoms with van der Waals surface area (Å²) < 4.78 is 0. The van der Waals surface area contributed by atoms with Crippen LogP contribution in [0, 0.1) is 0 Å². The number of carbonyl (C=O) groups excluding carboxylic acids is 1. The van der Waals surface area contributed by atoms with Gasteiger partial charge >= 0.3 is 0 Å². The van der Waals surface area contributed by atoms with Gasteiger partial charge in [-0.05, 0) is 14.0 Å². The molecule has 0 aliphatic carbocycles. The molecular formula is C17H21N3OS. The fourth-order valence-corrected chi connectivity index (χ4v) is 3.43. The summed E-state index contributed by atoms with van der Waals surface area (Å²) in [6.45, 7) is 7.00. The molecule has 0 spiro atoms. The monoisotopic (exact) mass is 315 g/mol. The van der Waals surface area contributed by atoms with Gasteiger partial charge in [0, 0.05) is 42.7 Å². The van der Waals surface area contributed by atoms with Gasteiger partial charge in [0.1, 0.15) is 5.01 Å². The summed E-state index contributed by atoms with van der Waals surface area (Å²) in [5.41, 5.74) is 2.83. The SMILES string of the molecule is CC(=O)c1ccc(-c2csc(CN3CCN(C)CC3)n2)cc1. The summed E-state index contributed by atoms with van der Waals surface area (Å²) in [4.78, 5) is 20.9. The molecule has 2 heterocycles. The zero-order valence-electron chi connectivity index (χ0n) is 13.1. The van der Waals surface area contributed by atoms with Gasteiger partial charge in [-0.2, -0.15) is 0 Å². The van der Waals surface area contributed by atoms with Crippen molar-refractivity contribution in [3.8, 4) is 11.3 Å². The third-order valence-corrected chi connectivity index (χ3v) is 4.93. The number of aromatic nitrogens is 1. The minimum absolute atomic E-state index is 0.0978. The van der Waals surface area contributed by atoms with E-state index in [1.165, 1.54) is 0 Å². The zero-order chi connectivity index (χ0) is 15.5. The second-order valence-electron chi connectivity index (χ2n) is 5.84. The van der Waals surface area contributed by atoms with E-state index >= 15 is 0 Å². The van der Waals surface area contributed by atoms with Gasteiger partial charge in [-0.15, -0.1) is 11.3 Å². The first-order valence-electron chi connectivity index (χ1n) is 7.58. The van der Waals surface area contributed by atoms with E-state index in [-0.39, 0.29) is 5.78 Å². The molecule has 0 unspecified atom stereocenters. The second-order valence-corrected chi connectivity index (χ2v) is 6.78. The normalized spacial score (nSPS) is 16.8. The van der Waals surface area contributed by atoms with Crippen LogP contribution in [-0.4, -0.2) is 53.8 Å². The number of piperazine rings is 1. The average Bonchev–Trinajstić information content (AvgIpc) is 2.98. The lowest BCUT2D eigenvalue weighted by molar-refractivity contribution is 0.101. The molecule has 1 saturated heterocycles. The Hall–Kier alpha value is -1.56. The molecule has 22 heavy (non-hydrogen) atoms. The second kappa shape index (κ2) is 6.69. The number of thiazole rings is 1. The number of hydrogen-bond acceptors (Lipinski definition) is 5. The summed E-state index contributed by atoms with van der Waals surface area (Å²) in [7, 11) is 2.17. The summed E-state index contributed by atoms with van der Waals surface area (Å²) in [5, 5.41) is 3.27. The van der Waals surface area contributed by atoms with Crippen LogP contribution >= 0.6 is 11.3 Å². The van der Waals surface area contributed by atoms with Crippen LogP contribution in [0.1, 0.15) is 22.3 Å². The molecule has 1 aliphatic heterocycles. The molecule has 1 aromatic carbocycles. The van der Waals surface area contributed by atoms with Gasteiger partial charge in [0.05, 0.1) is 12.2 Å². The van der Waals surface area contributed by atoms with E-state index in [1.54, 1.807) is 18.3 Å².